The first-order valence-electron chi connectivity index (χ1n) is 13.7. The van der Waals surface area contributed by atoms with E-state index < -0.39 is 0 Å². The molecule has 0 N–H and O–H groups in total. The topological polar surface area (TPSA) is 45.3 Å². The van der Waals surface area contributed by atoms with Crippen molar-refractivity contribution in [3.8, 4) is 11.5 Å². The minimum Gasteiger partial charge on any atom is -0.496 e. The predicted octanol–water partition coefficient (Wildman–Crippen LogP) is 5.49. The van der Waals surface area contributed by atoms with Crippen LogP contribution in [0.15, 0.2) is 78.9 Å². The van der Waals surface area contributed by atoms with Crippen molar-refractivity contribution in [3.63, 3.8) is 0 Å². The number of piperazine rings is 2. The van der Waals surface area contributed by atoms with Crippen LogP contribution in [0.5, 0.6) is 11.5 Å². The molecule has 3 aromatic carbocycles. The Balaban J connectivity index is 0.00000220. The molecule has 2 fully saturated rings. The quantitative estimate of drug-likeness (QED) is 0.350. The summed E-state index contributed by atoms with van der Waals surface area (Å²) >= 11 is 0. The lowest BCUT2D eigenvalue weighted by atomic mass is 9.81. The maximum Gasteiger partial charge on any atom is 0.219 e. The zero-order valence-corrected chi connectivity index (χ0v) is 25.2. The van der Waals surface area contributed by atoms with E-state index in [0.29, 0.717) is 6.61 Å². The van der Waals surface area contributed by atoms with Crippen molar-refractivity contribution in [2.24, 2.45) is 0 Å². The molecule has 0 bridgehead atoms. The van der Waals surface area contributed by atoms with Crippen molar-refractivity contribution in [2.45, 2.75) is 38.4 Å². The number of methoxy groups -OCH3 is 1. The standard InChI is InChI=1S/C32H39N3O3.2ClH/c1-4-38-31-17-11-16-30(37-3)28(31)22-33-20-27-21-34(24(2)36)18-19-35(27)29(23-33)32(25-12-7-5-8-13-25)26-14-9-6-10-15-26;;/h5-17,27,29,32H,4,18-23H2,1-3H3;2*1H. The third-order valence-electron chi connectivity index (χ3n) is 8.01. The first kappa shape index (κ1) is 31.8. The number of carbonyl (C=O) groups is 1. The van der Waals surface area contributed by atoms with Gasteiger partial charge in [0.05, 0.1) is 19.3 Å². The molecule has 0 aromatic heterocycles. The predicted molar refractivity (Wildman–Crippen MR) is 165 cm³/mol. The Hall–Kier alpha value is -2.77. The van der Waals surface area contributed by atoms with Crippen molar-refractivity contribution in [1.82, 2.24) is 14.7 Å². The lowest BCUT2D eigenvalue weighted by Crippen LogP contribution is -2.67. The normalized spacial score (nSPS) is 19.2. The maximum absolute atomic E-state index is 12.4. The first-order valence-corrected chi connectivity index (χ1v) is 13.7. The van der Waals surface area contributed by atoms with E-state index in [4.69, 9.17) is 9.47 Å². The van der Waals surface area contributed by atoms with Crippen molar-refractivity contribution in [2.75, 3.05) is 46.4 Å². The Bertz CT molecular complexity index is 1180. The van der Waals surface area contributed by atoms with E-state index in [1.54, 1.807) is 14.0 Å². The molecule has 6 nitrogen and oxygen atoms in total. The number of halogens is 2. The molecule has 2 unspecified atom stereocenters. The summed E-state index contributed by atoms with van der Waals surface area (Å²) in [4.78, 5) is 19.6. The summed E-state index contributed by atoms with van der Waals surface area (Å²) < 4.78 is 11.8. The van der Waals surface area contributed by atoms with Gasteiger partial charge in [-0.2, -0.15) is 0 Å². The van der Waals surface area contributed by atoms with Crippen molar-refractivity contribution < 1.29 is 14.3 Å². The second-order valence-electron chi connectivity index (χ2n) is 10.3. The van der Waals surface area contributed by atoms with Gasteiger partial charge in [-0.15, -0.1) is 24.8 Å². The van der Waals surface area contributed by atoms with Crippen molar-refractivity contribution in [3.05, 3.63) is 95.6 Å². The molecular weight excluding hydrogens is 545 g/mol. The molecule has 2 aliphatic rings. The number of carbonyl (C=O) groups excluding carboxylic acids is 1. The number of hydrogen-bond donors (Lipinski definition) is 0. The Kier molecular flexibility index (Phi) is 11.7. The largest absolute Gasteiger partial charge is 0.496 e. The monoisotopic (exact) mass is 585 g/mol. The molecule has 0 radical (unpaired) electrons. The molecule has 5 rings (SSSR count). The zero-order chi connectivity index (χ0) is 26.5. The number of hydrogen-bond acceptors (Lipinski definition) is 5. The lowest BCUT2D eigenvalue weighted by molar-refractivity contribution is -0.134. The van der Waals surface area contributed by atoms with Gasteiger partial charge in [-0.05, 0) is 30.2 Å². The summed E-state index contributed by atoms with van der Waals surface area (Å²) in [6, 6.07) is 28.3. The van der Waals surface area contributed by atoms with Crippen LogP contribution in [0.25, 0.3) is 0 Å². The van der Waals surface area contributed by atoms with E-state index in [2.05, 4.69) is 70.5 Å². The molecule has 0 aliphatic carbocycles. The number of nitrogens with zero attached hydrogens (tertiary/aromatic N) is 3. The molecule has 2 saturated heterocycles. The van der Waals surface area contributed by atoms with Crippen LogP contribution in [-0.4, -0.2) is 79.1 Å². The first-order chi connectivity index (χ1) is 18.6. The summed E-state index contributed by atoms with van der Waals surface area (Å²) in [7, 11) is 1.72. The number of amides is 1. The van der Waals surface area contributed by atoms with Gasteiger partial charge < -0.3 is 14.4 Å². The van der Waals surface area contributed by atoms with Crippen molar-refractivity contribution >= 4 is 30.7 Å². The van der Waals surface area contributed by atoms with Crippen LogP contribution >= 0.6 is 24.8 Å². The van der Waals surface area contributed by atoms with Gasteiger partial charge in [0.1, 0.15) is 11.5 Å². The van der Waals surface area contributed by atoms with Gasteiger partial charge in [-0.25, -0.2) is 0 Å². The van der Waals surface area contributed by atoms with E-state index >= 15 is 0 Å². The molecule has 0 saturated carbocycles. The van der Waals surface area contributed by atoms with Gasteiger partial charge >= 0.3 is 0 Å². The number of benzene rings is 3. The Labute approximate surface area is 251 Å². The van der Waals surface area contributed by atoms with Crippen LogP contribution in [0.1, 0.15) is 36.5 Å². The zero-order valence-electron chi connectivity index (χ0n) is 23.6. The molecule has 2 heterocycles. The van der Waals surface area contributed by atoms with Crippen LogP contribution in [0.2, 0.25) is 0 Å². The molecule has 3 aromatic rings. The highest BCUT2D eigenvalue weighted by Gasteiger charge is 2.42. The second-order valence-corrected chi connectivity index (χ2v) is 10.3. The molecule has 0 spiro atoms. The smallest absolute Gasteiger partial charge is 0.219 e. The van der Waals surface area contributed by atoms with Crippen LogP contribution in [-0.2, 0) is 11.3 Å². The highest BCUT2D eigenvalue weighted by atomic mass is 35.5. The van der Waals surface area contributed by atoms with Crippen LogP contribution in [0, 0.1) is 0 Å². The summed E-state index contributed by atoms with van der Waals surface area (Å²) in [5.74, 6) is 2.11. The van der Waals surface area contributed by atoms with E-state index in [1.807, 2.05) is 30.0 Å². The fourth-order valence-corrected chi connectivity index (χ4v) is 6.29. The van der Waals surface area contributed by atoms with E-state index in [9.17, 15) is 4.79 Å². The third kappa shape index (κ3) is 6.92. The van der Waals surface area contributed by atoms with E-state index in [0.717, 1.165) is 56.3 Å². The number of rotatable bonds is 8. The molecule has 1 amide bonds. The molecule has 216 valence electrons. The fourth-order valence-electron chi connectivity index (χ4n) is 6.29. The number of fused-ring (bicyclic) bond motifs is 1. The Morgan fingerprint density at radius 2 is 1.48 bits per heavy atom. The lowest BCUT2D eigenvalue weighted by Gasteiger charge is -2.53. The molecular formula is C32H41Cl2N3O3. The van der Waals surface area contributed by atoms with E-state index in [1.165, 1.54) is 11.1 Å². The average Bonchev–Trinajstić information content (AvgIpc) is 2.95. The Morgan fingerprint density at radius 1 is 0.850 bits per heavy atom. The van der Waals surface area contributed by atoms with Crippen LogP contribution in [0.4, 0.5) is 0 Å². The SMILES string of the molecule is CCOc1cccc(OC)c1CN1CC2CN(C(C)=O)CCN2C(C(c2ccccc2)c2ccccc2)C1.Cl.Cl. The van der Waals surface area contributed by atoms with E-state index in [-0.39, 0.29) is 48.7 Å². The van der Waals surface area contributed by atoms with Gasteiger partial charge in [0.15, 0.2) is 0 Å². The maximum atomic E-state index is 12.4. The summed E-state index contributed by atoms with van der Waals surface area (Å²) in [5.41, 5.74) is 3.73. The van der Waals surface area contributed by atoms with Crippen LogP contribution in [0.3, 0.4) is 0 Å². The minimum atomic E-state index is 0. The van der Waals surface area contributed by atoms with Crippen molar-refractivity contribution in [1.29, 1.82) is 0 Å². The summed E-state index contributed by atoms with van der Waals surface area (Å²) in [5, 5.41) is 0. The Morgan fingerprint density at radius 3 is 2.05 bits per heavy atom. The molecule has 2 atom stereocenters. The average molecular weight is 587 g/mol. The van der Waals surface area contributed by atoms with Crippen LogP contribution < -0.4 is 9.47 Å². The summed E-state index contributed by atoms with van der Waals surface area (Å²) in [6.07, 6.45) is 0. The fraction of sp³-hybridized carbons (Fsp3) is 0.406. The third-order valence-corrected chi connectivity index (χ3v) is 8.01. The summed E-state index contributed by atoms with van der Waals surface area (Å²) in [6.45, 7) is 9.26. The van der Waals surface area contributed by atoms with Gasteiger partial charge in [-0.3, -0.25) is 14.6 Å². The van der Waals surface area contributed by atoms with Gasteiger partial charge in [0.2, 0.25) is 5.91 Å². The highest BCUT2D eigenvalue weighted by molar-refractivity contribution is 5.85. The molecule has 40 heavy (non-hydrogen) atoms. The van der Waals surface area contributed by atoms with Gasteiger partial charge in [-0.1, -0.05) is 66.7 Å². The molecule has 8 heteroatoms. The van der Waals surface area contributed by atoms with Gasteiger partial charge in [0, 0.05) is 64.2 Å². The second kappa shape index (κ2) is 14.7. The highest BCUT2D eigenvalue weighted by Crippen LogP contribution is 2.37. The van der Waals surface area contributed by atoms with Gasteiger partial charge in [0.25, 0.3) is 0 Å². The minimum absolute atomic E-state index is 0. The number of ether oxygens (including phenoxy) is 2. The molecule has 2 aliphatic heterocycles.